The fraction of sp³-hybridized carbons (Fsp3) is 0.348. The van der Waals surface area contributed by atoms with Crippen LogP contribution in [0.5, 0.6) is 0 Å². The van der Waals surface area contributed by atoms with Gasteiger partial charge in [-0.15, -0.1) is 0 Å². The minimum atomic E-state index is 0.0724. The molecular formula is C23H25N7S. The number of aromatic nitrogens is 5. The summed E-state index contributed by atoms with van der Waals surface area (Å²) in [6.45, 7) is 4.98. The smallest absolute Gasteiger partial charge is 0.147 e. The molecule has 0 aliphatic carbocycles. The number of piperidine rings is 1. The molecule has 1 fully saturated rings. The third-order valence-corrected chi connectivity index (χ3v) is 8.11. The lowest BCUT2D eigenvalue weighted by Crippen LogP contribution is -2.45. The Labute approximate surface area is 185 Å². The third kappa shape index (κ3) is 3.04. The van der Waals surface area contributed by atoms with Gasteiger partial charge in [-0.05, 0) is 49.6 Å². The molecule has 1 spiro atoms. The lowest BCUT2D eigenvalue weighted by molar-refractivity contribution is 0.170. The van der Waals surface area contributed by atoms with Crippen LogP contribution in [0.2, 0.25) is 0 Å². The summed E-state index contributed by atoms with van der Waals surface area (Å²) in [5.41, 5.74) is 10.4. The molecule has 158 valence electrons. The summed E-state index contributed by atoms with van der Waals surface area (Å²) in [6.07, 6.45) is 11.9. The van der Waals surface area contributed by atoms with E-state index in [9.17, 15) is 0 Å². The molecule has 7 nitrogen and oxygen atoms in total. The van der Waals surface area contributed by atoms with E-state index in [1.165, 1.54) is 21.7 Å². The first-order chi connectivity index (χ1) is 15.1. The standard InChI is InChI=1S/C23H25N7S/c1-16-17-3-2-9-28(17)10-5-19(16)31-21-14-25-20(13-26-21)29-11-6-23(7-12-29)15-30-18(22(23)24)4-8-27-30/h2-5,8-10,13-14,22H,6-7,11-12,15,24H2,1H3/t22-/m1/s1. The summed E-state index contributed by atoms with van der Waals surface area (Å²) in [6, 6.07) is 8.48. The number of hydrogen-bond donors (Lipinski definition) is 1. The van der Waals surface area contributed by atoms with E-state index in [2.05, 4.69) is 62.7 Å². The van der Waals surface area contributed by atoms with Crippen molar-refractivity contribution in [3.63, 3.8) is 0 Å². The quantitative estimate of drug-likeness (QED) is 0.533. The van der Waals surface area contributed by atoms with Crippen LogP contribution in [0.4, 0.5) is 5.82 Å². The van der Waals surface area contributed by atoms with Gasteiger partial charge in [0.1, 0.15) is 10.8 Å². The molecule has 2 N–H and O–H groups in total. The molecule has 4 aromatic heterocycles. The van der Waals surface area contributed by atoms with Crippen LogP contribution in [-0.4, -0.2) is 37.2 Å². The molecule has 2 aliphatic heterocycles. The Morgan fingerprint density at radius 2 is 1.97 bits per heavy atom. The number of pyridine rings is 1. The minimum absolute atomic E-state index is 0.0724. The second-order valence-corrected chi connectivity index (χ2v) is 9.72. The number of hydrogen-bond acceptors (Lipinski definition) is 6. The van der Waals surface area contributed by atoms with Crippen LogP contribution in [0.15, 0.2) is 65.2 Å². The van der Waals surface area contributed by atoms with Gasteiger partial charge in [-0.3, -0.25) is 4.68 Å². The maximum absolute atomic E-state index is 6.61. The number of aryl methyl sites for hydroxylation is 1. The first-order valence-electron chi connectivity index (χ1n) is 10.7. The van der Waals surface area contributed by atoms with Crippen molar-refractivity contribution in [2.24, 2.45) is 11.1 Å². The van der Waals surface area contributed by atoms with Gasteiger partial charge in [0.05, 0.1) is 24.1 Å². The number of fused-ring (bicyclic) bond motifs is 2. The molecule has 0 unspecified atom stereocenters. The van der Waals surface area contributed by atoms with Crippen LogP contribution in [0.25, 0.3) is 5.52 Å². The lowest BCUT2D eigenvalue weighted by Gasteiger charge is -2.41. The molecule has 0 saturated carbocycles. The average molecular weight is 432 g/mol. The highest BCUT2D eigenvalue weighted by atomic mass is 32.2. The highest BCUT2D eigenvalue weighted by Gasteiger charge is 2.46. The largest absolute Gasteiger partial charge is 0.355 e. The van der Waals surface area contributed by atoms with Gasteiger partial charge in [0, 0.05) is 54.1 Å². The van der Waals surface area contributed by atoms with Gasteiger partial charge < -0.3 is 15.0 Å². The van der Waals surface area contributed by atoms with Crippen molar-refractivity contribution in [1.82, 2.24) is 24.1 Å². The fourth-order valence-electron chi connectivity index (χ4n) is 5.09. The maximum atomic E-state index is 6.61. The monoisotopic (exact) mass is 431 g/mol. The van der Waals surface area contributed by atoms with Crippen LogP contribution in [0.3, 0.4) is 0 Å². The van der Waals surface area contributed by atoms with Crippen molar-refractivity contribution in [3.05, 3.63) is 66.5 Å². The summed E-state index contributed by atoms with van der Waals surface area (Å²) in [7, 11) is 0. The predicted molar refractivity (Wildman–Crippen MR) is 121 cm³/mol. The van der Waals surface area contributed by atoms with Crippen molar-refractivity contribution < 1.29 is 0 Å². The Morgan fingerprint density at radius 1 is 1.10 bits per heavy atom. The zero-order valence-electron chi connectivity index (χ0n) is 17.5. The summed E-state index contributed by atoms with van der Waals surface area (Å²) in [5, 5.41) is 5.35. The van der Waals surface area contributed by atoms with E-state index in [4.69, 9.17) is 15.7 Å². The highest BCUT2D eigenvalue weighted by Crippen LogP contribution is 2.47. The molecule has 6 heterocycles. The first-order valence-corrected chi connectivity index (χ1v) is 11.5. The molecule has 1 atom stereocenters. The Balaban J connectivity index is 1.14. The number of nitrogens with zero attached hydrogens (tertiary/aromatic N) is 6. The predicted octanol–water partition coefficient (Wildman–Crippen LogP) is 3.69. The molecule has 31 heavy (non-hydrogen) atoms. The van der Waals surface area contributed by atoms with Gasteiger partial charge in [-0.2, -0.15) is 5.10 Å². The Bertz CT molecular complexity index is 1230. The van der Waals surface area contributed by atoms with Gasteiger partial charge in [-0.1, -0.05) is 11.8 Å². The van der Waals surface area contributed by atoms with Crippen LogP contribution in [0.1, 0.15) is 30.1 Å². The van der Waals surface area contributed by atoms with E-state index < -0.39 is 0 Å². The molecule has 8 heteroatoms. The van der Waals surface area contributed by atoms with Crippen molar-refractivity contribution in [3.8, 4) is 0 Å². The van der Waals surface area contributed by atoms with Crippen LogP contribution in [0, 0.1) is 12.3 Å². The van der Waals surface area contributed by atoms with Crippen molar-refractivity contribution in [2.75, 3.05) is 18.0 Å². The van der Waals surface area contributed by atoms with Crippen LogP contribution < -0.4 is 10.6 Å². The van der Waals surface area contributed by atoms with Crippen LogP contribution >= 0.6 is 11.8 Å². The van der Waals surface area contributed by atoms with E-state index in [1.807, 2.05) is 18.6 Å². The molecular weight excluding hydrogens is 406 g/mol. The van der Waals surface area contributed by atoms with Gasteiger partial charge in [-0.25, -0.2) is 9.97 Å². The van der Waals surface area contributed by atoms with Gasteiger partial charge >= 0.3 is 0 Å². The van der Waals surface area contributed by atoms with Gasteiger partial charge in [0.15, 0.2) is 0 Å². The first kappa shape index (κ1) is 18.9. The molecule has 2 aliphatic rings. The molecule has 1 saturated heterocycles. The van der Waals surface area contributed by atoms with E-state index in [-0.39, 0.29) is 11.5 Å². The Kier molecular flexibility index (Phi) is 4.33. The third-order valence-electron chi connectivity index (χ3n) is 7.02. The lowest BCUT2D eigenvalue weighted by atomic mass is 9.73. The minimum Gasteiger partial charge on any atom is -0.355 e. The zero-order chi connectivity index (χ0) is 21.0. The molecule has 0 bridgehead atoms. The topological polar surface area (TPSA) is 77.3 Å². The molecule has 0 amide bonds. The Hall–Kier alpha value is -2.84. The van der Waals surface area contributed by atoms with E-state index >= 15 is 0 Å². The van der Waals surface area contributed by atoms with Crippen molar-refractivity contribution in [1.29, 1.82) is 0 Å². The van der Waals surface area contributed by atoms with Crippen LogP contribution in [-0.2, 0) is 6.54 Å². The highest BCUT2D eigenvalue weighted by molar-refractivity contribution is 7.99. The van der Waals surface area contributed by atoms with Crippen molar-refractivity contribution in [2.45, 2.75) is 42.3 Å². The fourth-order valence-corrected chi connectivity index (χ4v) is 5.91. The van der Waals surface area contributed by atoms with Gasteiger partial charge in [0.25, 0.3) is 0 Å². The second kappa shape index (κ2) is 7.10. The molecule has 0 radical (unpaired) electrons. The number of nitrogens with two attached hydrogens (primary N) is 1. The normalized spacial score (nSPS) is 19.9. The molecule has 4 aromatic rings. The Morgan fingerprint density at radius 3 is 2.74 bits per heavy atom. The number of anilines is 1. The average Bonchev–Trinajstić information content (AvgIpc) is 3.50. The van der Waals surface area contributed by atoms with E-state index in [1.54, 1.807) is 11.8 Å². The second-order valence-electron chi connectivity index (χ2n) is 8.66. The summed E-state index contributed by atoms with van der Waals surface area (Å²) in [5.74, 6) is 0.947. The summed E-state index contributed by atoms with van der Waals surface area (Å²) < 4.78 is 4.22. The van der Waals surface area contributed by atoms with E-state index in [0.29, 0.717) is 0 Å². The summed E-state index contributed by atoms with van der Waals surface area (Å²) >= 11 is 1.67. The molecule has 0 aromatic carbocycles. The molecule has 6 rings (SSSR count). The SMILES string of the molecule is Cc1c(Sc2cnc(N3CCC4(CC3)Cn3nccc3[C@H]4N)cn2)ccn2cccc12. The van der Waals surface area contributed by atoms with Crippen molar-refractivity contribution >= 4 is 23.1 Å². The summed E-state index contributed by atoms with van der Waals surface area (Å²) in [4.78, 5) is 13.0. The van der Waals surface area contributed by atoms with E-state index in [0.717, 1.165) is 43.3 Å². The number of rotatable bonds is 3. The van der Waals surface area contributed by atoms with Gasteiger partial charge in [0.2, 0.25) is 0 Å². The zero-order valence-corrected chi connectivity index (χ0v) is 18.3. The maximum Gasteiger partial charge on any atom is 0.147 e.